The van der Waals surface area contributed by atoms with Crippen LogP contribution in [-0.4, -0.2) is 37.2 Å². The molecular formula is C17H19N5O3. The number of hydrogen-bond acceptors (Lipinski definition) is 5. The van der Waals surface area contributed by atoms with Gasteiger partial charge in [-0.05, 0) is 12.5 Å². The number of hydrogen-bond donors (Lipinski definition) is 3. The molecule has 0 bridgehead atoms. The molecule has 1 atom stereocenters. The molecule has 130 valence electrons. The number of nitrogens with zero attached hydrogens (tertiary/aromatic N) is 3. The minimum Gasteiger partial charge on any atom is -0.394 e. The van der Waals surface area contributed by atoms with Crippen molar-refractivity contribution >= 4 is 11.7 Å². The molecule has 8 heteroatoms. The zero-order chi connectivity index (χ0) is 17.8. The molecule has 3 aromatic rings. The summed E-state index contributed by atoms with van der Waals surface area (Å²) in [5.74, 6) is 0.586. The quantitative estimate of drug-likeness (QED) is 0.605. The number of aliphatic hydroxyl groups excluding tert-OH is 1. The van der Waals surface area contributed by atoms with Crippen molar-refractivity contribution in [3.8, 4) is 0 Å². The molecule has 0 aliphatic rings. The lowest BCUT2D eigenvalue weighted by atomic mass is 10.1. The maximum Gasteiger partial charge on any atom is 0.274 e. The number of rotatable bonds is 6. The summed E-state index contributed by atoms with van der Waals surface area (Å²) in [7, 11) is 0. The van der Waals surface area contributed by atoms with Crippen molar-refractivity contribution in [2.24, 2.45) is 0 Å². The molecule has 25 heavy (non-hydrogen) atoms. The normalized spacial score (nSPS) is 12.2. The van der Waals surface area contributed by atoms with Crippen LogP contribution in [-0.2, 0) is 11.2 Å². The molecule has 8 nitrogen and oxygen atoms in total. The smallest absolute Gasteiger partial charge is 0.274 e. The minimum atomic E-state index is -0.448. The van der Waals surface area contributed by atoms with E-state index in [1.165, 1.54) is 10.6 Å². The second kappa shape index (κ2) is 7.27. The van der Waals surface area contributed by atoms with E-state index in [-0.39, 0.29) is 30.3 Å². The first-order chi connectivity index (χ1) is 12.1. The van der Waals surface area contributed by atoms with Crippen LogP contribution in [0.15, 0.2) is 41.2 Å². The summed E-state index contributed by atoms with van der Waals surface area (Å²) in [5.41, 5.74) is 1.19. The molecule has 2 aromatic heterocycles. The van der Waals surface area contributed by atoms with E-state index in [0.29, 0.717) is 17.9 Å². The monoisotopic (exact) mass is 341 g/mol. The van der Waals surface area contributed by atoms with Crippen molar-refractivity contribution in [1.29, 1.82) is 0 Å². The molecule has 0 unspecified atom stereocenters. The number of benzene rings is 1. The molecule has 1 amide bonds. The van der Waals surface area contributed by atoms with Gasteiger partial charge < -0.3 is 10.4 Å². The van der Waals surface area contributed by atoms with Crippen molar-refractivity contribution in [3.05, 3.63) is 63.8 Å². The van der Waals surface area contributed by atoms with Gasteiger partial charge in [0, 0.05) is 24.6 Å². The molecule has 0 saturated heterocycles. The first kappa shape index (κ1) is 16.8. The molecule has 2 heterocycles. The summed E-state index contributed by atoms with van der Waals surface area (Å²) >= 11 is 0. The van der Waals surface area contributed by atoms with E-state index in [0.717, 1.165) is 5.56 Å². The van der Waals surface area contributed by atoms with E-state index in [1.54, 1.807) is 6.92 Å². The summed E-state index contributed by atoms with van der Waals surface area (Å²) in [6.45, 7) is 1.54. The van der Waals surface area contributed by atoms with Crippen LogP contribution in [0, 0.1) is 6.92 Å². The zero-order valence-electron chi connectivity index (χ0n) is 13.8. The van der Waals surface area contributed by atoms with E-state index in [9.17, 15) is 14.7 Å². The molecule has 0 fully saturated rings. The molecule has 0 radical (unpaired) electrons. The van der Waals surface area contributed by atoms with Gasteiger partial charge in [0.1, 0.15) is 5.82 Å². The highest BCUT2D eigenvalue weighted by atomic mass is 16.3. The average molecular weight is 341 g/mol. The number of H-pyrrole nitrogens is 1. The Morgan fingerprint density at radius 1 is 1.32 bits per heavy atom. The summed E-state index contributed by atoms with van der Waals surface area (Å²) < 4.78 is 1.25. The fourth-order valence-corrected chi connectivity index (χ4v) is 2.57. The van der Waals surface area contributed by atoms with Gasteiger partial charge in [-0.25, -0.2) is 4.98 Å². The number of aromatic nitrogens is 4. The van der Waals surface area contributed by atoms with Crippen molar-refractivity contribution in [2.45, 2.75) is 25.8 Å². The minimum absolute atomic E-state index is 0.177. The maximum absolute atomic E-state index is 12.1. The molecule has 1 aromatic carbocycles. The van der Waals surface area contributed by atoms with Crippen LogP contribution in [0.1, 0.15) is 29.5 Å². The molecule has 3 rings (SSSR count). The third-order valence-corrected chi connectivity index (χ3v) is 3.81. The highest BCUT2D eigenvalue weighted by Gasteiger charge is 2.14. The van der Waals surface area contributed by atoms with Gasteiger partial charge in [-0.2, -0.15) is 9.50 Å². The molecule has 3 N–H and O–H groups in total. The van der Waals surface area contributed by atoms with Crippen LogP contribution in [0.5, 0.6) is 0 Å². The molecule has 0 aliphatic heterocycles. The Morgan fingerprint density at radius 2 is 2.08 bits per heavy atom. The van der Waals surface area contributed by atoms with Gasteiger partial charge in [-0.3, -0.25) is 14.7 Å². The Morgan fingerprint density at radius 3 is 2.80 bits per heavy atom. The predicted octanol–water partition coefficient (Wildman–Crippen LogP) is 0.508. The van der Waals surface area contributed by atoms with Gasteiger partial charge in [0.05, 0.1) is 12.6 Å². The van der Waals surface area contributed by atoms with Crippen molar-refractivity contribution < 1.29 is 9.90 Å². The second-order valence-electron chi connectivity index (χ2n) is 5.75. The Kier molecular flexibility index (Phi) is 4.90. The van der Waals surface area contributed by atoms with E-state index in [1.807, 2.05) is 30.3 Å². The lowest BCUT2D eigenvalue weighted by molar-refractivity contribution is -0.122. The number of amides is 1. The van der Waals surface area contributed by atoms with Gasteiger partial charge >= 0.3 is 0 Å². The number of nitrogens with one attached hydrogen (secondary N) is 2. The van der Waals surface area contributed by atoms with E-state index >= 15 is 0 Å². The Labute approximate surface area is 143 Å². The third kappa shape index (κ3) is 3.92. The Hall–Kier alpha value is -3.00. The van der Waals surface area contributed by atoms with Crippen LogP contribution in [0.3, 0.4) is 0 Å². The number of aromatic amines is 1. The van der Waals surface area contributed by atoms with Crippen LogP contribution < -0.4 is 10.9 Å². The standard InChI is InChI=1S/C17H19N5O3/c1-11-9-16(25)22-17(18-11)20-14(21-22)7-8-15(24)19-13(10-23)12-5-3-2-4-6-12/h2-6,9,13,23H,7-8,10H2,1H3,(H,19,24)(H,18,20,21)/t13-/m1/s1. The van der Waals surface area contributed by atoms with Crippen LogP contribution in [0.2, 0.25) is 0 Å². The van der Waals surface area contributed by atoms with Gasteiger partial charge in [0.15, 0.2) is 0 Å². The van der Waals surface area contributed by atoms with Gasteiger partial charge in [0.25, 0.3) is 11.3 Å². The topological polar surface area (TPSA) is 112 Å². The van der Waals surface area contributed by atoms with Crippen LogP contribution in [0.25, 0.3) is 5.78 Å². The number of aryl methyl sites for hydroxylation is 2. The van der Waals surface area contributed by atoms with Gasteiger partial charge in [-0.1, -0.05) is 30.3 Å². The maximum atomic E-state index is 12.1. The second-order valence-corrected chi connectivity index (χ2v) is 5.75. The van der Waals surface area contributed by atoms with Crippen LogP contribution in [0.4, 0.5) is 0 Å². The third-order valence-electron chi connectivity index (χ3n) is 3.81. The zero-order valence-corrected chi connectivity index (χ0v) is 13.8. The van der Waals surface area contributed by atoms with Crippen molar-refractivity contribution in [1.82, 2.24) is 24.9 Å². The number of carbonyl (C=O) groups is 1. The van der Waals surface area contributed by atoms with E-state index in [2.05, 4.69) is 20.4 Å². The Balaban J connectivity index is 1.64. The summed E-state index contributed by atoms with van der Waals surface area (Å²) in [6, 6.07) is 10.2. The number of aliphatic hydroxyl groups is 1. The molecular weight excluding hydrogens is 322 g/mol. The van der Waals surface area contributed by atoms with E-state index < -0.39 is 6.04 Å². The molecule has 0 spiro atoms. The average Bonchev–Trinajstić information content (AvgIpc) is 3.02. The van der Waals surface area contributed by atoms with Gasteiger partial charge in [-0.15, -0.1) is 0 Å². The first-order valence-corrected chi connectivity index (χ1v) is 7.97. The summed E-state index contributed by atoms with van der Waals surface area (Å²) in [6.07, 6.45) is 0.511. The van der Waals surface area contributed by atoms with E-state index in [4.69, 9.17) is 0 Å². The van der Waals surface area contributed by atoms with Crippen molar-refractivity contribution in [3.63, 3.8) is 0 Å². The number of carbonyl (C=O) groups excluding carboxylic acids is 1. The fraction of sp³-hybridized carbons (Fsp3) is 0.294. The lowest BCUT2D eigenvalue weighted by Gasteiger charge is -2.16. The SMILES string of the molecule is Cc1cc(=O)n2[nH]c(CCC(=O)N[C@H](CO)c3ccccc3)nc2n1. The Bertz CT molecular complexity index is 932. The predicted molar refractivity (Wildman–Crippen MR) is 91.1 cm³/mol. The fourth-order valence-electron chi connectivity index (χ4n) is 2.57. The largest absolute Gasteiger partial charge is 0.394 e. The summed E-state index contributed by atoms with van der Waals surface area (Å²) in [4.78, 5) is 32.4. The first-order valence-electron chi connectivity index (χ1n) is 7.97. The molecule has 0 aliphatic carbocycles. The van der Waals surface area contributed by atoms with Crippen LogP contribution >= 0.6 is 0 Å². The molecule has 0 saturated carbocycles. The lowest BCUT2D eigenvalue weighted by Crippen LogP contribution is -2.31. The summed E-state index contributed by atoms with van der Waals surface area (Å²) in [5, 5.41) is 15.1. The van der Waals surface area contributed by atoms with Gasteiger partial charge in [0.2, 0.25) is 5.91 Å². The highest BCUT2D eigenvalue weighted by molar-refractivity contribution is 5.76. The highest BCUT2D eigenvalue weighted by Crippen LogP contribution is 2.12. The number of fused-ring (bicyclic) bond motifs is 1. The van der Waals surface area contributed by atoms with Crippen molar-refractivity contribution in [2.75, 3.05) is 6.61 Å².